The molecule has 0 fully saturated rings. The molecular weight excluding hydrogens is 325 g/mol. The van der Waals surface area contributed by atoms with Gasteiger partial charge in [0.15, 0.2) is 0 Å². The lowest BCUT2D eigenvalue weighted by atomic mass is 10.1. The van der Waals surface area contributed by atoms with Gasteiger partial charge in [0.05, 0.1) is 10.0 Å². The summed E-state index contributed by atoms with van der Waals surface area (Å²) >= 11 is 3.23. The van der Waals surface area contributed by atoms with Crippen molar-refractivity contribution >= 4 is 21.8 Å². The van der Waals surface area contributed by atoms with Crippen LogP contribution in [0, 0.1) is 25.1 Å². The third-order valence-electron chi connectivity index (χ3n) is 2.68. The minimum Gasteiger partial charge on any atom is -0.437 e. The van der Waals surface area contributed by atoms with Crippen LogP contribution in [0.15, 0.2) is 28.7 Å². The number of amidine groups is 1. The fourth-order valence-electron chi connectivity index (χ4n) is 1.87. The highest BCUT2D eigenvalue weighted by Crippen LogP contribution is 2.32. The molecule has 0 radical (unpaired) electrons. The summed E-state index contributed by atoms with van der Waals surface area (Å²) < 4.78 is 19.2. The van der Waals surface area contributed by atoms with Crippen LogP contribution in [0.3, 0.4) is 0 Å². The Labute approximate surface area is 124 Å². The van der Waals surface area contributed by atoms with Gasteiger partial charge >= 0.3 is 0 Å². The van der Waals surface area contributed by atoms with Gasteiger partial charge in [-0.25, -0.2) is 9.37 Å². The van der Waals surface area contributed by atoms with E-state index in [1.807, 2.05) is 19.9 Å². The van der Waals surface area contributed by atoms with Gasteiger partial charge in [0, 0.05) is 5.69 Å². The van der Waals surface area contributed by atoms with E-state index in [2.05, 4.69) is 20.9 Å². The third kappa shape index (κ3) is 2.96. The standard InChI is InChI=1S/C14H13BrFN3O/c1-7-5-8(2)19-14(12(7)13(17)18)20-11-4-3-9(16)6-10(11)15/h3-6H,1-2H3,(H3,17,18). The van der Waals surface area contributed by atoms with Gasteiger partial charge in [0.1, 0.15) is 17.4 Å². The molecule has 20 heavy (non-hydrogen) atoms. The maximum absolute atomic E-state index is 13.1. The van der Waals surface area contributed by atoms with Crippen molar-refractivity contribution in [3.63, 3.8) is 0 Å². The van der Waals surface area contributed by atoms with Crippen molar-refractivity contribution in [2.24, 2.45) is 5.73 Å². The molecule has 0 aliphatic rings. The van der Waals surface area contributed by atoms with Crippen LogP contribution in [0.4, 0.5) is 4.39 Å². The molecule has 0 aliphatic carbocycles. The number of hydrogen-bond acceptors (Lipinski definition) is 3. The topological polar surface area (TPSA) is 72.0 Å². The van der Waals surface area contributed by atoms with Crippen LogP contribution in [0.1, 0.15) is 16.8 Å². The number of nitrogen functional groups attached to an aromatic ring is 1. The van der Waals surface area contributed by atoms with E-state index in [0.29, 0.717) is 15.8 Å². The Morgan fingerprint density at radius 2 is 2.05 bits per heavy atom. The second-order valence-electron chi connectivity index (χ2n) is 4.35. The van der Waals surface area contributed by atoms with E-state index in [0.717, 1.165) is 11.3 Å². The molecule has 6 heteroatoms. The van der Waals surface area contributed by atoms with Gasteiger partial charge in [0.25, 0.3) is 0 Å². The Bertz CT molecular complexity index is 688. The number of hydrogen-bond donors (Lipinski definition) is 2. The third-order valence-corrected chi connectivity index (χ3v) is 3.30. The van der Waals surface area contributed by atoms with Gasteiger partial charge in [-0.1, -0.05) is 0 Å². The first-order valence-electron chi connectivity index (χ1n) is 5.84. The van der Waals surface area contributed by atoms with Gasteiger partial charge in [-0.3, -0.25) is 5.41 Å². The summed E-state index contributed by atoms with van der Waals surface area (Å²) in [6, 6.07) is 5.90. The van der Waals surface area contributed by atoms with Gasteiger partial charge in [-0.2, -0.15) is 0 Å². The molecule has 2 rings (SSSR count). The Hall–Kier alpha value is -1.95. The number of pyridine rings is 1. The van der Waals surface area contributed by atoms with Crippen LogP contribution in [0.2, 0.25) is 0 Å². The maximum atomic E-state index is 13.1. The van der Waals surface area contributed by atoms with E-state index in [1.165, 1.54) is 18.2 Å². The smallest absolute Gasteiger partial charge is 0.230 e. The van der Waals surface area contributed by atoms with Crippen molar-refractivity contribution in [1.29, 1.82) is 5.41 Å². The molecule has 104 valence electrons. The van der Waals surface area contributed by atoms with Crippen molar-refractivity contribution in [1.82, 2.24) is 4.98 Å². The predicted molar refractivity (Wildman–Crippen MR) is 78.9 cm³/mol. The number of nitrogens with one attached hydrogen (secondary N) is 1. The number of aryl methyl sites for hydroxylation is 2. The number of rotatable bonds is 3. The van der Waals surface area contributed by atoms with E-state index in [-0.39, 0.29) is 17.5 Å². The normalized spacial score (nSPS) is 10.4. The molecule has 0 atom stereocenters. The van der Waals surface area contributed by atoms with Crippen molar-refractivity contribution < 1.29 is 9.13 Å². The highest BCUT2D eigenvalue weighted by atomic mass is 79.9. The second kappa shape index (κ2) is 5.58. The first-order chi connectivity index (χ1) is 9.38. The zero-order valence-electron chi connectivity index (χ0n) is 11.0. The van der Waals surface area contributed by atoms with Gasteiger partial charge in [0.2, 0.25) is 5.88 Å². The van der Waals surface area contributed by atoms with Gasteiger partial charge in [-0.15, -0.1) is 0 Å². The van der Waals surface area contributed by atoms with E-state index in [1.54, 1.807) is 0 Å². The van der Waals surface area contributed by atoms with E-state index >= 15 is 0 Å². The number of aromatic nitrogens is 1. The van der Waals surface area contributed by atoms with Crippen LogP contribution in [0.5, 0.6) is 11.6 Å². The van der Waals surface area contributed by atoms with Crippen molar-refractivity contribution in [2.75, 3.05) is 0 Å². The van der Waals surface area contributed by atoms with Crippen LogP contribution in [-0.4, -0.2) is 10.8 Å². The largest absolute Gasteiger partial charge is 0.437 e. The minimum absolute atomic E-state index is 0.122. The number of nitrogens with zero attached hydrogens (tertiary/aromatic N) is 1. The molecule has 1 aromatic carbocycles. The molecule has 0 unspecified atom stereocenters. The lowest BCUT2D eigenvalue weighted by Crippen LogP contribution is -2.15. The predicted octanol–water partition coefficient (Wildman–Crippen LogP) is 3.68. The van der Waals surface area contributed by atoms with E-state index in [4.69, 9.17) is 15.9 Å². The quantitative estimate of drug-likeness (QED) is 0.662. The fraction of sp³-hybridized carbons (Fsp3) is 0.143. The molecule has 2 aromatic rings. The molecule has 0 saturated carbocycles. The summed E-state index contributed by atoms with van der Waals surface area (Å²) in [4.78, 5) is 4.26. The second-order valence-corrected chi connectivity index (χ2v) is 5.21. The van der Waals surface area contributed by atoms with Crippen LogP contribution in [-0.2, 0) is 0 Å². The lowest BCUT2D eigenvalue weighted by molar-refractivity contribution is 0.455. The van der Waals surface area contributed by atoms with Crippen molar-refractivity contribution in [3.8, 4) is 11.6 Å². The molecule has 3 N–H and O–H groups in total. The summed E-state index contributed by atoms with van der Waals surface area (Å²) in [7, 11) is 0. The SMILES string of the molecule is Cc1cc(C)c(C(=N)N)c(Oc2ccc(F)cc2Br)n1. The number of benzene rings is 1. The Morgan fingerprint density at radius 1 is 1.35 bits per heavy atom. The van der Waals surface area contributed by atoms with Crippen LogP contribution in [0.25, 0.3) is 0 Å². The zero-order valence-corrected chi connectivity index (χ0v) is 12.6. The molecule has 0 amide bonds. The lowest BCUT2D eigenvalue weighted by Gasteiger charge is -2.13. The molecule has 1 aromatic heterocycles. The molecular formula is C14H13BrFN3O. The summed E-state index contributed by atoms with van der Waals surface area (Å²) in [5.41, 5.74) is 7.56. The summed E-state index contributed by atoms with van der Waals surface area (Å²) in [5.74, 6) is 0.154. The number of halogens is 2. The maximum Gasteiger partial charge on any atom is 0.230 e. The summed E-state index contributed by atoms with van der Waals surface area (Å²) in [5, 5.41) is 7.63. The van der Waals surface area contributed by atoms with Crippen LogP contribution >= 0.6 is 15.9 Å². The Morgan fingerprint density at radius 3 is 2.65 bits per heavy atom. The molecule has 0 saturated heterocycles. The van der Waals surface area contributed by atoms with Crippen molar-refractivity contribution in [2.45, 2.75) is 13.8 Å². The fourth-order valence-corrected chi connectivity index (χ4v) is 2.30. The molecule has 0 aliphatic heterocycles. The number of ether oxygens (including phenoxy) is 1. The first-order valence-corrected chi connectivity index (χ1v) is 6.63. The monoisotopic (exact) mass is 337 g/mol. The first kappa shape index (κ1) is 14.5. The van der Waals surface area contributed by atoms with Gasteiger partial charge < -0.3 is 10.5 Å². The van der Waals surface area contributed by atoms with E-state index < -0.39 is 0 Å². The highest BCUT2D eigenvalue weighted by molar-refractivity contribution is 9.10. The zero-order chi connectivity index (χ0) is 14.9. The summed E-state index contributed by atoms with van der Waals surface area (Å²) in [6.45, 7) is 3.65. The van der Waals surface area contributed by atoms with Gasteiger partial charge in [-0.05, 0) is 59.6 Å². The Kier molecular flexibility index (Phi) is 4.04. The average molecular weight is 338 g/mol. The molecule has 4 nitrogen and oxygen atoms in total. The minimum atomic E-state index is -0.371. The molecule has 0 bridgehead atoms. The molecule has 0 spiro atoms. The summed E-state index contributed by atoms with van der Waals surface area (Å²) in [6.07, 6.45) is 0. The Balaban J connectivity index is 2.50. The number of nitrogens with two attached hydrogens (primary N) is 1. The average Bonchev–Trinajstić information content (AvgIpc) is 2.31. The van der Waals surface area contributed by atoms with Crippen LogP contribution < -0.4 is 10.5 Å². The van der Waals surface area contributed by atoms with E-state index in [9.17, 15) is 4.39 Å². The highest BCUT2D eigenvalue weighted by Gasteiger charge is 2.15. The molecule has 1 heterocycles. The van der Waals surface area contributed by atoms with Crippen molar-refractivity contribution in [3.05, 3.63) is 51.4 Å².